The highest BCUT2D eigenvalue weighted by Crippen LogP contribution is 2.19. The van der Waals surface area contributed by atoms with Crippen LogP contribution in [0.2, 0.25) is 0 Å². The SMILES string of the molecule is C=C(C)CN=C(N)NCC1CCCCN1Cc1ccccc1. The van der Waals surface area contributed by atoms with E-state index in [1.54, 1.807) is 0 Å². The highest BCUT2D eigenvalue weighted by Gasteiger charge is 2.22. The fourth-order valence-electron chi connectivity index (χ4n) is 2.82. The van der Waals surface area contributed by atoms with Crippen molar-refractivity contribution >= 4 is 5.96 Å². The van der Waals surface area contributed by atoms with Crippen LogP contribution >= 0.6 is 0 Å². The molecule has 0 aromatic heterocycles. The maximum absolute atomic E-state index is 5.92. The second kappa shape index (κ2) is 8.59. The summed E-state index contributed by atoms with van der Waals surface area (Å²) in [6, 6.07) is 11.2. The number of aliphatic imine (C=N–C) groups is 1. The first-order valence-corrected chi connectivity index (χ1v) is 8.11. The summed E-state index contributed by atoms with van der Waals surface area (Å²) in [4.78, 5) is 6.84. The zero-order valence-electron chi connectivity index (χ0n) is 13.6. The number of hydrogen-bond acceptors (Lipinski definition) is 2. The Morgan fingerprint density at radius 2 is 2.14 bits per heavy atom. The molecule has 0 spiro atoms. The van der Waals surface area contributed by atoms with E-state index in [9.17, 15) is 0 Å². The standard InChI is InChI=1S/C18H28N4/c1-15(2)12-20-18(19)21-13-17-10-6-7-11-22(17)14-16-8-4-3-5-9-16/h3-5,8-9,17H,1,6-7,10-14H2,2H3,(H3,19,20,21). The van der Waals surface area contributed by atoms with E-state index in [1.165, 1.54) is 24.8 Å². The molecule has 1 aliphatic heterocycles. The number of nitrogens with two attached hydrogens (primary N) is 1. The van der Waals surface area contributed by atoms with Gasteiger partial charge in [-0.05, 0) is 31.9 Å². The molecular formula is C18H28N4. The fourth-order valence-corrected chi connectivity index (χ4v) is 2.82. The molecule has 0 bridgehead atoms. The number of hydrogen-bond donors (Lipinski definition) is 2. The number of likely N-dealkylation sites (tertiary alicyclic amines) is 1. The molecule has 0 radical (unpaired) electrons. The van der Waals surface area contributed by atoms with Gasteiger partial charge in [-0.1, -0.05) is 48.9 Å². The number of rotatable bonds is 6. The molecular weight excluding hydrogens is 272 g/mol. The summed E-state index contributed by atoms with van der Waals surface area (Å²) in [5.41, 5.74) is 8.31. The first kappa shape index (κ1) is 16.6. The molecule has 1 heterocycles. The van der Waals surface area contributed by atoms with Gasteiger partial charge in [0.25, 0.3) is 0 Å². The van der Waals surface area contributed by atoms with Crippen LogP contribution < -0.4 is 11.1 Å². The Hall–Kier alpha value is -1.81. The molecule has 1 saturated heterocycles. The van der Waals surface area contributed by atoms with Crippen molar-refractivity contribution < 1.29 is 0 Å². The average Bonchev–Trinajstić information content (AvgIpc) is 2.53. The van der Waals surface area contributed by atoms with Gasteiger partial charge in [0, 0.05) is 19.1 Å². The maximum atomic E-state index is 5.92. The summed E-state index contributed by atoms with van der Waals surface area (Å²) < 4.78 is 0. The average molecular weight is 300 g/mol. The van der Waals surface area contributed by atoms with Gasteiger partial charge in [-0.2, -0.15) is 0 Å². The minimum Gasteiger partial charge on any atom is -0.370 e. The predicted octanol–water partition coefficient (Wildman–Crippen LogP) is 2.52. The number of benzene rings is 1. The summed E-state index contributed by atoms with van der Waals surface area (Å²) in [5, 5.41) is 3.27. The summed E-state index contributed by atoms with van der Waals surface area (Å²) in [5.74, 6) is 0.522. The third-order valence-corrected chi connectivity index (χ3v) is 4.02. The second-order valence-corrected chi connectivity index (χ2v) is 6.15. The summed E-state index contributed by atoms with van der Waals surface area (Å²) in [7, 11) is 0. The Bertz CT molecular complexity index is 495. The summed E-state index contributed by atoms with van der Waals surface area (Å²) in [6.45, 7) is 9.42. The van der Waals surface area contributed by atoms with Crippen LogP contribution in [0.3, 0.4) is 0 Å². The van der Waals surface area contributed by atoms with Gasteiger partial charge in [-0.3, -0.25) is 4.90 Å². The van der Waals surface area contributed by atoms with E-state index < -0.39 is 0 Å². The van der Waals surface area contributed by atoms with Crippen molar-refractivity contribution in [1.82, 2.24) is 10.2 Å². The maximum Gasteiger partial charge on any atom is 0.188 e. The third kappa shape index (κ3) is 5.53. The van der Waals surface area contributed by atoms with E-state index in [4.69, 9.17) is 5.73 Å². The molecule has 1 unspecified atom stereocenters. The van der Waals surface area contributed by atoms with Crippen molar-refractivity contribution in [2.45, 2.75) is 38.8 Å². The topological polar surface area (TPSA) is 53.6 Å². The smallest absolute Gasteiger partial charge is 0.188 e. The third-order valence-electron chi connectivity index (χ3n) is 4.02. The molecule has 1 aliphatic rings. The Kier molecular flexibility index (Phi) is 6.46. The van der Waals surface area contributed by atoms with Crippen LogP contribution in [0.5, 0.6) is 0 Å². The number of nitrogens with zero attached hydrogens (tertiary/aromatic N) is 2. The van der Waals surface area contributed by atoms with Gasteiger partial charge < -0.3 is 11.1 Å². The molecule has 1 fully saturated rings. The van der Waals surface area contributed by atoms with Crippen molar-refractivity contribution in [3.05, 3.63) is 48.0 Å². The van der Waals surface area contributed by atoms with E-state index in [0.29, 0.717) is 18.5 Å². The van der Waals surface area contributed by atoms with E-state index in [1.807, 2.05) is 6.92 Å². The Labute approximate surface area is 134 Å². The number of nitrogens with one attached hydrogen (secondary N) is 1. The number of piperidine rings is 1. The van der Waals surface area contributed by atoms with Gasteiger partial charge in [0.15, 0.2) is 5.96 Å². The van der Waals surface area contributed by atoms with Crippen molar-refractivity contribution in [2.75, 3.05) is 19.6 Å². The van der Waals surface area contributed by atoms with Crippen LogP contribution in [0.1, 0.15) is 31.7 Å². The number of guanidine groups is 1. The van der Waals surface area contributed by atoms with Crippen molar-refractivity contribution in [3.8, 4) is 0 Å². The normalized spacial score (nSPS) is 19.9. The molecule has 1 aromatic carbocycles. The van der Waals surface area contributed by atoms with E-state index in [-0.39, 0.29) is 0 Å². The zero-order chi connectivity index (χ0) is 15.8. The van der Waals surface area contributed by atoms with Crippen LogP contribution in [0.15, 0.2) is 47.5 Å². The molecule has 4 nitrogen and oxygen atoms in total. The van der Waals surface area contributed by atoms with Gasteiger partial charge in [-0.25, -0.2) is 4.99 Å². The minimum absolute atomic E-state index is 0.521. The fraction of sp³-hybridized carbons (Fsp3) is 0.500. The largest absolute Gasteiger partial charge is 0.370 e. The lowest BCUT2D eigenvalue weighted by Gasteiger charge is -2.36. The van der Waals surface area contributed by atoms with Gasteiger partial charge >= 0.3 is 0 Å². The summed E-state index contributed by atoms with van der Waals surface area (Å²) in [6.07, 6.45) is 3.79. The van der Waals surface area contributed by atoms with Gasteiger partial charge in [-0.15, -0.1) is 0 Å². The lowest BCUT2D eigenvalue weighted by molar-refractivity contribution is 0.141. The van der Waals surface area contributed by atoms with Crippen LogP contribution in [0, 0.1) is 0 Å². The Balaban J connectivity index is 1.87. The monoisotopic (exact) mass is 300 g/mol. The van der Waals surface area contributed by atoms with E-state index in [2.05, 4.69) is 52.1 Å². The quantitative estimate of drug-likeness (QED) is 0.482. The first-order valence-electron chi connectivity index (χ1n) is 8.11. The zero-order valence-corrected chi connectivity index (χ0v) is 13.6. The van der Waals surface area contributed by atoms with Gasteiger partial charge in [0.2, 0.25) is 0 Å². The van der Waals surface area contributed by atoms with Crippen molar-refractivity contribution in [1.29, 1.82) is 0 Å². The van der Waals surface area contributed by atoms with Crippen LogP contribution in [-0.4, -0.2) is 36.5 Å². The van der Waals surface area contributed by atoms with Gasteiger partial charge in [0.05, 0.1) is 6.54 Å². The molecule has 0 saturated carbocycles. The molecule has 120 valence electrons. The lowest BCUT2D eigenvalue weighted by atomic mass is 10.0. The molecule has 2 rings (SSSR count). The molecule has 0 amide bonds. The first-order chi connectivity index (χ1) is 10.6. The minimum atomic E-state index is 0.521. The van der Waals surface area contributed by atoms with E-state index >= 15 is 0 Å². The molecule has 4 heteroatoms. The molecule has 1 atom stereocenters. The second-order valence-electron chi connectivity index (χ2n) is 6.15. The summed E-state index contributed by atoms with van der Waals surface area (Å²) >= 11 is 0. The highest BCUT2D eigenvalue weighted by molar-refractivity contribution is 5.77. The molecule has 0 aliphatic carbocycles. The van der Waals surface area contributed by atoms with Crippen molar-refractivity contribution in [2.24, 2.45) is 10.7 Å². The van der Waals surface area contributed by atoms with Gasteiger partial charge in [0.1, 0.15) is 0 Å². The van der Waals surface area contributed by atoms with E-state index in [0.717, 1.165) is 25.2 Å². The molecule has 22 heavy (non-hydrogen) atoms. The Morgan fingerprint density at radius 1 is 1.36 bits per heavy atom. The highest BCUT2D eigenvalue weighted by atomic mass is 15.2. The molecule has 1 aromatic rings. The van der Waals surface area contributed by atoms with Crippen molar-refractivity contribution in [3.63, 3.8) is 0 Å². The van der Waals surface area contributed by atoms with Crippen LogP contribution in [0.25, 0.3) is 0 Å². The van der Waals surface area contributed by atoms with Crippen LogP contribution in [-0.2, 0) is 6.54 Å². The lowest BCUT2D eigenvalue weighted by Crippen LogP contribution is -2.47. The predicted molar refractivity (Wildman–Crippen MR) is 93.8 cm³/mol. The van der Waals surface area contributed by atoms with Crippen LogP contribution in [0.4, 0.5) is 0 Å². The molecule has 3 N–H and O–H groups in total. The Morgan fingerprint density at radius 3 is 2.86 bits per heavy atom.